The van der Waals surface area contributed by atoms with E-state index >= 15 is 0 Å². The Morgan fingerprint density at radius 3 is 2.90 bits per heavy atom. The van der Waals surface area contributed by atoms with Crippen LogP contribution in [0.3, 0.4) is 0 Å². The molecule has 0 radical (unpaired) electrons. The summed E-state index contributed by atoms with van der Waals surface area (Å²) in [6.45, 7) is 1.58. The van der Waals surface area contributed by atoms with Crippen LogP contribution in [-0.2, 0) is 4.74 Å². The van der Waals surface area contributed by atoms with Crippen molar-refractivity contribution >= 4 is 17.6 Å². The highest BCUT2D eigenvalue weighted by molar-refractivity contribution is 7.99. The Morgan fingerprint density at radius 1 is 1.45 bits per heavy atom. The molecule has 1 fully saturated rings. The second kappa shape index (κ2) is 8.01. The molecule has 0 spiro atoms. The molecule has 0 aliphatic carbocycles. The van der Waals surface area contributed by atoms with Gasteiger partial charge in [0.15, 0.2) is 5.84 Å². The predicted molar refractivity (Wildman–Crippen MR) is 80.7 cm³/mol. The number of amidine groups is 1. The van der Waals surface area contributed by atoms with E-state index in [4.69, 9.17) is 20.4 Å². The van der Waals surface area contributed by atoms with E-state index in [0.717, 1.165) is 23.9 Å². The SMILES string of the molecule is N/C(=N/O)c1ccc(OCCSCC2CCCO2)cc1. The van der Waals surface area contributed by atoms with Gasteiger partial charge < -0.3 is 20.4 Å². The van der Waals surface area contributed by atoms with E-state index in [9.17, 15) is 0 Å². The first-order valence-corrected chi connectivity index (χ1v) is 7.85. The average Bonchev–Trinajstić information content (AvgIpc) is 3.00. The molecule has 2 rings (SSSR count). The second-order valence-electron chi connectivity index (χ2n) is 4.57. The molecule has 110 valence electrons. The van der Waals surface area contributed by atoms with Crippen molar-refractivity contribution in [3.63, 3.8) is 0 Å². The fourth-order valence-corrected chi connectivity index (χ4v) is 2.88. The lowest BCUT2D eigenvalue weighted by molar-refractivity contribution is 0.129. The number of benzene rings is 1. The molecular weight excluding hydrogens is 276 g/mol. The van der Waals surface area contributed by atoms with Gasteiger partial charge in [-0.05, 0) is 37.1 Å². The number of nitrogens with zero attached hydrogens (tertiary/aromatic N) is 1. The number of rotatable bonds is 7. The Kier molecular flexibility index (Phi) is 6.01. The van der Waals surface area contributed by atoms with Crippen molar-refractivity contribution in [2.45, 2.75) is 18.9 Å². The molecule has 1 aromatic rings. The molecule has 6 heteroatoms. The fraction of sp³-hybridized carbons (Fsp3) is 0.500. The number of ether oxygens (including phenoxy) is 2. The molecule has 3 N–H and O–H groups in total. The molecule has 0 aromatic heterocycles. The highest BCUT2D eigenvalue weighted by Gasteiger charge is 2.14. The van der Waals surface area contributed by atoms with Crippen LogP contribution in [0.1, 0.15) is 18.4 Å². The Hall–Kier alpha value is -1.40. The number of nitrogens with two attached hydrogens (primary N) is 1. The zero-order valence-electron chi connectivity index (χ0n) is 11.3. The van der Waals surface area contributed by atoms with Gasteiger partial charge in [0.25, 0.3) is 0 Å². The number of hydrogen-bond acceptors (Lipinski definition) is 5. The van der Waals surface area contributed by atoms with Gasteiger partial charge in [-0.3, -0.25) is 0 Å². The number of hydrogen-bond donors (Lipinski definition) is 2. The maximum atomic E-state index is 8.57. The summed E-state index contributed by atoms with van der Waals surface area (Å²) in [4.78, 5) is 0. The van der Waals surface area contributed by atoms with Crippen LogP contribution in [0, 0.1) is 0 Å². The molecule has 0 bridgehead atoms. The molecule has 1 unspecified atom stereocenters. The Morgan fingerprint density at radius 2 is 2.25 bits per heavy atom. The van der Waals surface area contributed by atoms with E-state index in [0.29, 0.717) is 18.3 Å². The monoisotopic (exact) mass is 296 g/mol. The summed E-state index contributed by atoms with van der Waals surface area (Å²) >= 11 is 1.86. The van der Waals surface area contributed by atoms with Gasteiger partial charge in [-0.25, -0.2) is 0 Å². The number of oxime groups is 1. The third kappa shape index (κ3) is 4.61. The van der Waals surface area contributed by atoms with E-state index < -0.39 is 0 Å². The van der Waals surface area contributed by atoms with Crippen LogP contribution in [0.2, 0.25) is 0 Å². The summed E-state index contributed by atoms with van der Waals surface area (Å²) in [7, 11) is 0. The van der Waals surface area contributed by atoms with Crippen molar-refractivity contribution < 1.29 is 14.7 Å². The Labute approximate surface area is 123 Å². The van der Waals surface area contributed by atoms with Crippen molar-refractivity contribution in [1.29, 1.82) is 0 Å². The van der Waals surface area contributed by atoms with Crippen molar-refractivity contribution in [2.75, 3.05) is 24.7 Å². The van der Waals surface area contributed by atoms with E-state index in [2.05, 4.69) is 5.16 Å². The van der Waals surface area contributed by atoms with Crippen LogP contribution in [0.5, 0.6) is 5.75 Å². The van der Waals surface area contributed by atoms with Gasteiger partial charge in [-0.15, -0.1) is 0 Å². The van der Waals surface area contributed by atoms with E-state index in [1.807, 2.05) is 23.9 Å². The largest absolute Gasteiger partial charge is 0.493 e. The number of thioether (sulfide) groups is 1. The van der Waals surface area contributed by atoms with Gasteiger partial charge in [0.2, 0.25) is 0 Å². The summed E-state index contributed by atoms with van der Waals surface area (Å²) in [5.74, 6) is 2.88. The third-order valence-corrected chi connectivity index (χ3v) is 4.14. The molecule has 1 saturated heterocycles. The van der Waals surface area contributed by atoms with Gasteiger partial charge in [0, 0.05) is 23.7 Å². The van der Waals surface area contributed by atoms with Crippen LogP contribution in [-0.4, -0.2) is 41.9 Å². The first kappa shape index (κ1) is 15.0. The first-order valence-electron chi connectivity index (χ1n) is 6.69. The van der Waals surface area contributed by atoms with Crippen molar-refractivity contribution in [2.24, 2.45) is 10.9 Å². The topological polar surface area (TPSA) is 77.1 Å². The summed E-state index contributed by atoms with van der Waals surface area (Å²) in [6, 6.07) is 7.17. The van der Waals surface area contributed by atoms with E-state index in [-0.39, 0.29) is 5.84 Å². The Bertz CT molecular complexity index is 431. The smallest absolute Gasteiger partial charge is 0.170 e. The van der Waals surface area contributed by atoms with Gasteiger partial charge in [0.1, 0.15) is 5.75 Å². The fourth-order valence-electron chi connectivity index (χ4n) is 1.99. The van der Waals surface area contributed by atoms with Crippen molar-refractivity contribution in [3.8, 4) is 5.75 Å². The van der Waals surface area contributed by atoms with Gasteiger partial charge >= 0.3 is 0 Å². The minimum Gasteiger partial charge on any atom is -0.493 e. The normalized spacial score (nSPS) is 19.2. The average molecular weight is 296 g/mol. The van der Waals surface area contributed by atoms with Crippen molar-refractivity contribution in [3.05, 3.63) is 29.8 Å². The maximum Gasteiger partial charge on any atom is 0.170 e. The molecule has 0 saturated carbocycles. The summed E-state index contributed by atoms with van der Waals surface area (Å²) in [5, 5.41) is 11.5. The molecule has 1 atom stereocenters. The van der Waals surface area contributed by atoms with E-state index in [1.165, 1.54) is 12.8 Å². The van der Waals surface area contributed by atoms with Crippen LogP contribution in [0.15, 0.2) is 29.4 Å². The zero-order chi connectivity index (χ0) is 14.2. The lowest BCUT2D eigenvalue weighted by atomic mass is 10.2. The quantitative estimate of drug-likeness (QED) is 0.265. The first-order chi connectivity index (χ1) is 9.79. The molecular formula is C14H20N2O3S. The highest BCUT2D eigenvalue weighted by atomic mass is 32.2. The van der Waals surface area contributed by atoms with Gasteiger partial charge in [0.05, 0.1) is 12.7 Å². The van der Waals surface area contributed by atoms with Crippen molar-refractivity contribution in [1.82, 2.24) is 0 Å². The molecule has 1 aliphatic rings. The standard InChI is InChI=1S/C14H20N2O3S/c15-14(16-17)11-3-5-12(6-4-11)19-8-9-20-10-13-2-1-7-18-13/h3-6,13,17H,1-2,7-10H2,(H2,15,16). The lowest BCUT2D eigenvalue weighted by Gasteiger charge is -2.09. The van der Waals surface area contributed by atoms with Crippen LogP contribution < -0.4 is 10.5 Å². The predicted octanol–water partition coefficient (Wildman–Crippen LogP) is 2.07. The lowest BCUT2D eigenvalue weighted by Crippen LogP contribution is -2.12. The molecule has 0 amide bonds. The zero-order valence-corrected chi connectivity index (χ0v) is 12.1. The highest BCUT2D eigenvalue weighted by Crippen LogP contribution is 2.17. The van der Waals surface area contributed by atoms with Crippen LogP contribution in [0.4, 0.5) is 0 Å². The summed E-state index contributed by atoms with van der Waals surface area (Å²) < 4.78 is 11.2. The molecule has 1 aliphatic heterocycles. The third-order valence-electron chi connectivity index (χ3n) is 3.08. The Balaban J connectivity index is 1.63. The van der Waals surface area contributed by atoms with Gasteiger partial charge in [-0.2, -0.15) is 11.8 Å². The van der Waals surface area contributed by atoms with Crippen LogP contribution in [0.25, 0.3) is 0 Å². The minimum atomic E-state index is 0.101. The van der Waals surface area contributed by atoms with Gasteiger partial charge in [-0.1, -0.05) is 5.16 Å². The maximum absolute atomic E-state index is 8.57. The molecule has 20 heavy (non-hydrogen) atoms. The molecule has 1 aromatic carbocycles. The summed E-state index contributed by atoms with van der Waals surface area (Å²) in [6.07, 6.45) is 2.80. The van der Waals surface area contributed by atoms with E-state index in [1.54, 1.807) is 12.1 Å². The minimum absolute atomic E-state index is 0.101. The van der Waals surface area contributed by atoms with Crippen LogP contribution >= 0.6 is 11.8 Å². The summed E-state index contributed by atoms with van der Waals surface area (Å²) in [5.41, 5.74) is 6.16. The molecule has 5 nitrogen and oxygen atoms in total. The second-order valence-corrected chi connectivity index (χ2v) is 5.72. The molecule has 1 heterocycles.